The molecule has 0 aromatic carbocycles. The maximum absolute atomic E-state index is 11.9. The van der Waals surface area contributed by atoms with Gasteiger partial charge in [-0.05, 0) is 51.5 Å². The van der Waals surface area contributed by atoms with Gasteiger partial charge in [-0.15, -0.1) is 11.3 Å². The van der Waals surface area contributed by atoms with Gasteiger partial charge >= 0.3 is 0 Å². The van der Waals surface area contributed by atoms with E-state index in [0.29, 0.717) is 10.1 Å². The largest absolute Gasteiger partial charge is 0.293 e. The van der Waals surface area contributed by atoms with Gasteiger partial charge in [-0.2, -0.15) is 0 Å². The average Bonchev–Trinajstić information content (AvgIpc) is 2.65. The van der Waals surface area contributed by atoms with Crippen molar-refractivity contribution < 1.29 is 0 Å². The highest BCUT2D eigenvalue weighted by Gasteiger charge is 2.06. The summed E-state index contributed by atoms with van der Waals surface area (Å²) in [6.45, 7) is 2.42. The predicted octanol–water partition coefficient (Wildman–Crippen LogP) is 3.03. The fourth-order valence-electron chi connectivity index (χ4n) is 1.26. The van der Waals surface area contributed by atoms with E-state index in [-0.39, 0.29) is 5.56 Å². The van der Waals surface area contributed by atoms with Crippen LogP contribution < -0.4 is 5.56 Å². The Morgan fingerprint density at radius 2 is 2.38 bits per heavy atom. The lowest BCUT2D eigenvalue weighted by Gasteiger charge is -2.04. The van der Waals surface area contributed by atoms with Crippen LogP contribution in [0.25, 0.3) is 0 Å². The fraction of sp³-hybridized carbons (Fsp3) is 0.200. The summed E-state index contributed by atoms with van der Waals surface area (Å²) in [6, 6.07) is 2.02. The van der Waals surface area contributed by atoms with Crippen molar-refractivity contribution in [2.24, 2.45) is 0 Å². The highest BCUT2D eigenvalue weighted by Crippen LogP contribution is 2.20. The molecular weight excluding hydrogens is 403 g/mol. The molecule has 84 valence electrons. The van der Waals surface area contributed by atoms with Crippen molar-refractivity contribution >= 4 is 49.9 Å². The van der Waals surface area contributed by atoms with Gasteiger partial charge in [0, 0.05) is 14.7 Å². The molecule has 0 aliphatic heterocycles. The van der Waals surface area contributed by atoms with E-state index in [1.165, 1.54) is 0 Å². The topological polar surface area (TPSA) is 34.9 Å². The standard InChI is InChI=1S/C10H8BrIN2OS/c1-6-9(12)10(15)14(5-13-6)3-8-2-7(11)4-16-8/h2,4-5H,3H2,1H3. The zero-order valence-electron chi connectivity index (χ0n) is 8.41. The second-order valence-electron chi connectivity index (χ2n) is 3.31. The molecule has 0 spiro atoms. The van der Waals surface area contributed by atoms with Crippen LogP contribution in [-0.4, -0.2) is 9.55 Å². The van der Waals surface area contributed by atoms with E-state index in [0.717, 1.165) is 15.0 Å². The lowest BCUT2D eigenvalue weighted by Crippen LogP contribution is -2.24. The van der Waals surface area contributed by atoms with E-state index in [1.54, 1.807) is 22.2 Å². The molecule has 2 heterocycles. The van der Waals surface area contributed by atoms with Crippen LogP contribution in [0.4, 0.5) is 0 Å². The number of hydrogen-bond donors (Lipinski definition) is 0. The molecule has 0 radical (unpaired) electrons. The number of thiophene rings is 1. The Kier molecular flexibility index (Phi) is 3.81. The summed E-state index contributed by atoms with van der Waals surface area (Å²) in [5, 5.41) is 2.01. The minimum absolute atomic E-state index is 0.0256. The first-order valence-corrected chi connectivity index (χ1v) is 7.27. The van der Waals surface area contributed by atoms with Crippen LogP contribution in [0.15, 0.2) is 27.0 Å². The second-order valence-corrected chi connectivity index (χ2v) is 6.30. The van der Waals surface area contributed by atoms with E-state index in [4.69, 9.17) is 0 Å². The van der Waals surface area contributed by atoms with Crippen molar-refractivity contribution in [1.29, 1.82) is 0 Å². The average molecular weight is 411 g/mol. The maximum atomic E-state index is 11.9. The lowest BCUT2D eigenvalue weighted by atomic mass is 10.4. The molecule has 2 aromatic rings. The SMILES string of the molecule is Cc1ncn(Cc2cc(Br)cs2)c(=O)c1I. The molecule has 0 N–H and O–H groups in total. The molecule has 0 fully saturated rings. The highest BCUT2D eigenvalue weighted by atomic mass is 127. The molecule has 2 aromatic heterocycles. The Hall–Kier alpha value is -0.210. The molecule has 0 saturated heterocycles. The monoisotopic (exact) mass is 410 g/mol. The molecule has 0 bridgehead atoms. The van der Waals surface area contributed by atoms with Gasteiger partial charge in [0.15, 0.2) is 0 Å². The number of nitrogens with zero attached hydrogens (tertiary/aromatic N) is 2. The molecule has 0 atom stereocenters. The third-order valence-electron chi connectivity index (χ3n) is 2.10. The van der Waals surface area contributed by atoms with Crippen molar-refractivity contribution in [2.45, 2.75) is 13.5 Å². The van der Waals surface area contributed by atoms with Gasteiger partial charge in [0.1, 0.15) is 0 Å². The Morgan fingerprint density at radius 1 is 1.62 bits per heavy atom. The summed E-state index contributed by atoms with van der Waals surface area (Å²) in [5.41, 5.74) is 0.812. The van der Waals surface area contributed by atoms with Crippen LogP contribution in [-0.2, 0) is 6.54 Å². The van der Waals surface area contributed by atoms with Gasteiger partial charge in [-0.1, -0.05) is 0 Å². The zero-order chi connectivity index (χ0) is 11.7. The Bertz CT molecular complexity index is 578. The van der Waals surface area contributed by atoms with E-state index in [9.17, 15) is 4.79 Å². The number of aryl methyl sites for hydroxylation is 1. The number of rotatable bonds is 2. The Labute approximate surface area is 119 Å². The summed E-state index contributed by atoms with van der Waals surface area (Å²) in [6.07, 6.45) is 1.60. The van der Waals surface area contributed by atoms with Gasteiger partial charge in [-0.3, -0.25) is 9.36 Å². The van der Waals surface area contributed by atoms with Crippen molar-refractivity contribution in [3.8, 4) is 0 Å². The van der Waals surface area contributed by atoms with Crippen molar-refractivity contribution in [2.75, 3.05) is 0 Å². The van der Waals surface area contributed by atoms with Gasteiger partial charge in [-0.25, -0.2) is 4.98 Å². The summed E-state index contributed by atoms with van der Waals surface area (Å²) in [4.78, 5) is 17.2. The molecule has 0 aliphatic rings. The van der Waals surface area contributed by atoms with E-state index >= 15 is 0 Å². The number of hydrogen-bond acceptors (Lipinski definition) is 3. The number of halogens is 2. The smallest absolute Gasteiger partial charge is 0.267 e. The zero-order valence-corrected chi connectivity index (χ0v) is 13.0. The Balaban J connectivity index is 2.36. The summed E-state index contributed by atoms with van der Waals surface area (Å²) >= 11 is 7.06. The van der Waals surface area contributed by atoms with E-state index < -0.39 is 0 Å². The molecule has 0 amide bonds. The first-order chi connectivity index (χ1) is 7.58. The van der Waals surface area contributed by atoms with E-state index in [1.807, 2.05) is 41.0 Å². The van der Waals surface area contributed by atoms with Crippen LogP contribution in [0.1, 0.15) is 10.6 Å². The molecule has 0 unspecified atom stereocenters. The van der Waals surface area contributed by atoms with Gasteiger partial charge in [0.25, 0.3) is 5.56 Å². The van der Waals surface area contributed by atoms with Crippen molar-refractivity contribution in [3.63, 3.8) is 0 Å². The third-order valence-corrected chi connectivity index (χ3v) is 5.03. The second kappa shape index (κ2) is 4.97. The summed E-state index contributed by atoms with van der Waals surface area (Å²) in [7, 11) is 0. The number of aromatic nitrogens is 2. The van der Waals surface area contributed by atoms with Crippen LogP contribution >= 0.6 is 49.9 Å². The van der Waals surface area contributed by atoms with Crippen LogP contribution in [0, 0.1) is 10.5 Å². The predicted molar refractivity (Wildman–Crippen MR) is 77.1 cm³/mol. The first-order valence-electron chi connectivity index (χ1n) is 4.52. The first kappa shape index (κ1) is 12.3. The molecule has 2 rings (SSSR count). The summed E-state index contributed by atoms with van der Waals surface area (Å²) < 4.78 is 3.37. The minimum Gasteiger partial charge on any atom is -0.293 e. The lowest BCUT2D eigenvalue weighted by molar-refractivity contribution is 0.732. The van der Waals surface area contributed by atoms with Gasteiger partial charge in [0.2, 0.25) is 0 Å². The van der Waals surface area contributed by atoms with Gasteiger partial charge in [0.05, 0.1) is 22.1 Å². The Morgan fingerprint density at radius 3 is 3.00 bits per heavy atom. The third kappa shape index (κ3) is 2.54. The molecular formula is C10H8BrIN2OS. The van der Waals surface area contributed by atoms with Crippen LogP contribution in [0.3, 0.4) is 0 Å². The maximum Gasteiger partial charge on any atom is 0.267 e. The fourth-order valence-corrected chi connectivity index (χ4v) is 3.16. The molecule has 0 aliphatic carbocycles. The molecule has 3 nitrogen and oxygen atoms in total. The molecule has 16 heavy (non-hydrogen) atoms. The van der Waals surface area contributed by atoms with Gasteiger partial charge < -0.3 is 0 Å². The summed E-state index contributed by atoms with van der Waals surface area (Å²) in [5.74, 6) is 0. The van der Waals surface area contributed by atoms with Crippen LogP contribution in [0.5, 0.6) is 0 Å². The normalized spacial score (nSPS) is 10.7. The minimum atomic E-state index is 0.0256. The highest BCUT2D eigenvalue weighted by molar-refractivity contribution is 14.1. The van der Waals surface area contributed by atoms with Crippen molar-refractivity contribution in [3.05, 3.63) is 46.7 Å². The molecule has 0 saturated carbocycles. The quantitative estimate of drug-likeness (QED) is 0.713. The van der Waals surface area contributed by atoms with Crippen LogP contribution in [0.2, 0.25) is 0 Å². The van der Waals surface area contributed by atoms with Crippen molar-refractivity contribution in [1.82, 2.24) is 9.55 Å². The van der Waals surface area contributed by atoms with E-state index in [2.05, 4.69) is 20.9 Å². The molecule has 6 heteroatoms.